The molecule has 0 unspecified atom stereocenters. The van der Waals surface area contributed by atoms with Gasteiger partial charge in [-0.2, -0.15) is 0 Å². The molecule has 0 aromatic carbocycles. The predicted molar refractivity (Wildman–Crippen MR) is 50.1 cm³/mol. The van der Waals surface area contributed by atoms with Gasteiger partial charge >= 0.3 is 0 Å². The van der Waals surface area contributed by atoms with Crippen molar-refractivity contribution in [3.05, 3.63) is 11.6 Å². The summed E-state index contributed by atoms with van der Waals surface area (Å²) in [5.74, 6) is 0.230. The van der Waals surface area contributed by atoms with Gasteiger partial charge in [0.2, 0.25) is 0 Å². The van der Waals surface area contributed by atoms with Gasteiger partial charge in [0, 0.05) is 12.1 Å². The molecule has 1 aliphatic rings. The van der Waals surface area contributed by atoms with E-state index in [1.165, 1.54) is 5.57 Å². The van der Waals surface area contributed by atoms with Gasteiger partial charge in [-0.15, -0.1) is 0 Å². The van der Waals surface area contributed by atoms with Gasteiger partial charge in [-0.25, -0.2) is 0 Å². The van der Waals surface area contributed by atoms with Crippen molar-refractivity contribution < 1.29 is 4.79 Å². The Morgan fingerprint density at radius 3 is 2.33 bits per heavy atom. The van der Waals surface area contributed by atoms with Crippen LogP contribution in [0.3, 0.4) is 0 Å². The zero-order valence-corrected chi connectivity index (χ0v) is 8.35. The second-order valence-electron chi connectivity index (χ2n) is 4.48. The lowest BCUT2D eigenvalue weighted by Gasteiger charge is -2.37. The molecule has 0 atom stereocenters. The van der Waals surface area contributed by atoms with E-state index in [1.807, 2.05) is 6.92 Å². The van der Waals surface area contributed by atoms with Gasteiger partial charge in [-0.05, 0) is 33.8 Å². The number of rotatable bonds is 0. The summed E-state index contributed by atoms with van der Waals surface area (Å²) < 4.78 is 0. The molecule has 0 N–H and O–H groups in total. The molecule has 0 saturated heterocycles. The van der Waals surface area contributed by atoms with E-state index in [2.05, 4.69) is 25.7 Å². The Morgan fingerprint density at radius 1 is 1.33 bits per heavy atom. The lowest BCUT2D eigenvalue weighted by atomic mass is 10.0. The number of hydrogen-bond donors (Lipinski definition) is 0. The summed E-state index contributed by atoms with van der Waals surface area (Å²) in [4.78, 5) is 13.4. The highest BCUT2D eigenvalue weighted by Crippen LogP contribution is 2.17. The molecule has 0 aromatic heterocycles. The molecule has 0 fully saturated rings. The first kappa shape index (κ1) is 9.46. The summed E-state index contributed by atoms with van der Waals surface area (Å²) in [5.41, 5.74) is 1.27. The lowest BCUT2D eigenvalue weighted by molar-refractivity contribution is -0.117. The van der Waals surface area contributed by atoms with Gasteiger partial charge in [0.1, 0.15) is 0 Å². The molecular formula is C10H17NO. The summed E-state index contributed by atoms with van der Waals surface area (Å²) in [6.45, 7) is 9.92. The van der Waals surface area contributed by atoms with Crippen LogP contribution in [-0.2, 0) is 4.79 Å². The molecule has 1 heterocycles. The van der Waals surface area contributed by atoms with Crippen molar-refractivity contribution >= 4 is 5.78 Å². The summed E-state index contributed by atoms with van der Waals surface area (Å²) in [6.07, 6.45) is 1.75. The highest BCUT2D eigenvalue weighted by Gasteiger charge is 2.25. The van der Waals surface area contributed by atoms with Crippen LogP contribution in [0.5, 0.6) is 0 Å². The SMILES string of the molecule is CC1=CC(=O)CN(C(C)(C)C)C1. The molecule has 0 spiro atoms. The Morgan fingerprint density at radius 2 is 1.92 bits per heavy atom. The Kier molecular flexibility index (Phi) is 2.38. The Balaban J connectivity index is 2.74. The minimum atomic E-state index is 0.102. The number of nitrogens with zero attached hydrogens (tertiary/aromatic N) is 1. The van der Waals surface area contributed by atoms with Gasteiger partial charge in [0.15, 0.2) is 5.78 Å². The molecule has 68 valence electrons. The first-order chi connectivity index (χ1) is 5.39. The lowest BCUT2D eigenvalue weighted by Crippen LogP contribution is -2.46. The van der Waals surface area contributed by atoms with Crippen LogP contribution in [0.2, 0.25) is 0 Å². The molecule has 2 nitrogen and oxygen atoms in total. The average Bonchev–Trinajstić information content (AvgIpc) is 1.82. The van der Waals surface area contributed by atoms with E-state index in [4.69, 9.17) is 0 Å². The maximum absolute atomic E-state index is 11.2. The topological polar surface area (TPSA) is 20.3 Å². The zero-order chi connectivity index (χ0) is 9.35. The predicted octanol–water partition coefficient (Wildman–Crippen LogP) is 1.62. The fraction of sp³-hybridized carbons (Fsp3) is 0.700. The quantitative estimate of drug-likeness (QED) is 0.546. The van der Waals surface area contributed by atoms with Crippen LogP contribution >= 0.6 is 0 Å². The highest BCUT2D eigenvalue weighted by atomic mass is 16.1. The summed E-state index contributed by atoms with van der Waals surface area (Å²) in [6, 6.07) is 0. The maximum atomic E-state index is 11.2. The third-order valence-corrected chi connectivity index (χ3v) is 2.14. The van der Waals surface area contributed by atoms with Gasteiger partial charge < -0.3 is 0 Å². The minimum absolute atomic E-state index is 0.102. The average molecular weight is 167 g/mol. The van der Waals surface area contributed by atoms with Gasteiger partial charge in [0.05, 0.1) is 6.54 Å². The van der Waals surface area contributed by atoms with Crippen molar-refractivity contribution in [2.24, 2.45) is 0 Å². The largest absolute Gasteiger partial charge is 0.293 e. The normalized spacial score (nSPS) is 21.0. The summed E-state index contributed by atoms with van der Waals surface area (Å²) >= 11 is 0. The van der Waals surface area contributed by atoms with Crippen LogP contribution < -0.4 is 0 Å². The van der Waals surface area contributed by atoms with Crippen molar-refractivity contribution in [2.45, 2.75) is 33.2 Å². The van der Waals surface area contributed by atoms with Gasteiger partial charge in [-0.1, -0.05) is 5.57 Å². The molecule has 0 amide bonds. The molecule has 2 heteroatoms. The van der Waals surface area contributed by atoms with E-state index in [0.717, 1.165) is 6.54 Å². The van der Waals surface area contributed by atoms with E-state index in [1.54, 1.807) is 6.08 Å². The Hall–Kier alpha value is -0.630. The molecular weight excluding hydrogens is 150 g/mol. The van der Waals surface area contributed by atoms with Crippen molar-refractivity contribution in [1.82, 2.24) is 4.90 Å². The fourth-order valence-corrected chi connectivity index (χ4v) is 1.39. The van der Waals surface area contributed by atoms with E-state index < -0.39 is 0 Å². The van der Waals surface area contributed by atoms with Gasteiger partial charge in [-0.3, -0.25) is 9.69 Å². The standard InChI is InChI=1S/C10H17NO/c1-8-5-9(12)7-11(6-8)10(2,3)4/h5H,6-7H2,1-4H3. The molecule has 1 rings (SSSR count). The van der Waals surface area contributed by atoms with Crippen molar-refractivity contribution in [3.8, 4) is 0 Å². The Bertz CT molecular complexity index is 222. The third kappa shape index (κ3) is 2.18. The number of carbonyl (C=O) groups is 1. The third-order valence-electron chi connectivity index (χ3n) is 2.14. The number of hydrogen-bond acceptors (Lipinski definition) is 2. The second-order valence-corrected chi connectivity index (χ2v) is 4.48. The molecule has 0 radical (unpaired) electrons. The van der Waals surface area contributed by atoms with Crippen LogP contribution in [0.4, 0.5) is 0 Å². The second kappa shape index (κ2) is 3.02. The maximum Gasteiger partial charge on any atom is 0.169 e. The molecule has 1 aliphatic heterocycles. The first-order valence-electron chi connectivity index (χ1n) is 4.34. The van der Waals surface area contributed by atoms with Crippen molar-refractivity contribution in [3.63, 3.8) is 0 Å². The molecule has 0 aromatic rings. The number of carbonyl (C=O) groups excluding carboxylic acids is 1. The monoisotopic (exact) mass is 167 g/mol. The smallest absolute Gasteiger partial charge is 0.169 e. The highest BCUT2D eigenvalue weighted by molar-refractivity contribution is 5.92. The first-order valence-corrected chi connectivity index (χ1v) is 4.34. The van der Waals surface area contributed by atoms with Crippen molar-refractivity contribution in [1.29, 1.82) is 0 Å². The summed E-state index contributed by atoms with van der Waals surface area (Å²) in [5, 5.41) is 0. The fourth-order valence-electron chi connectivity index (χ4n) is 1.39. The molecule has 0 aliphatic carbocycles. The van der Waals surface area contributed by atoms with Crippen molar-refractivity contribution in [2.75, 3.05) is 13.1 Å². The zero-order valence-electron chi connectivity index (χ0n) is 8.35. The molecule has 12 heavy (non-hydrogen) atoms. The van der Waals surface area contributed by atoms with E-state index in [0.29, 0.717) is 6.54 Å². The van der Waals surface area contributed by atoms with E-state index >= 15 is 0 Å². The molecule has 0 bridgehead atoms. The van der Waals surface area contributed by atoms with Gasteiger partial charge in [0.25, 0.3) is 0 Å². The number of ketones is 1. The van der Waals surface area contributed by atoms with E-state index in [-0.39, 0.29) is 11.3 Å². The van der Waals surface area contributed by atoms with Crippen LogP contribution in [-0.4, -0.2) is 29.3 Å². The Labute approximate surface area is 74.2 Å². The van der Waals surface area contributed by atoms with Crippen LogP contribution in [0.1, 0.15) is 27.7 Å². The van der Waals surface area contributed by atoms with E-state index in [9.17, 15) is 4.79 Å². The minimum Gasteiger partial charge on any atom is -0.293 e. The molecule has 0 saturated carbocycles. The van der Waals surface area contributed by atoms with Crippen LogP contribution in [0.25, 0.3) is 0 Å². The summed E-state index contributed by atoms with van der Waals surface area (Å²) in [7, 11) is 0. The van der Waals surface area contributed by atoms with Crippen LogP contribution in [0, 0.1) is 0 Å². The van der Waals surface area contributed by atoms with Crippen LogP contribution in [0.15, 0.2) is 11.6 Å².